The van der Waals surface area contributed by atoms with Crippen LogP contribution in [0.15, 0.2) is 65.6 Å². The molecule has 0 bridgehead atoms. The molecular formula is C21H21ClF3N3O2S. The van der Waals surface area contributed by atoms with Crippen LogP contribution in [0.25, 0.3) is 10.8 Å². The van der Waals surface area contributed by atoms with Gasteiger partial charge in [0, 0.05) is 42.6 Å². The Kier molecular flexibility index (Phi) is 6.68. The van der Waals surface area contributed by atoms with Gasteiger partial charge in [-0.2, -0.15) is 13.2 Å². The van der Waals surface area contributed by atoms with Gasteiger partial charge in [0.1, 0.15) is 0 Å². The lowest BCUT2D eigenvalue weighted by Gasteiger charge is -2.30. The minimum absolute atomic E-state index is 0. The smallest absolute Gasteiger partial charge is 0.368 e. The summed E-state index contributed by atoms with van der Waals surface area (Å²) in [6.07, 6.45) is -4.62. The highest BCUT2D eigenvalue weighted by atomic mass is 35.5. The largest absolute Gasteiger partial charge is 0.416 e. The van der Waals surface area contributed by atoms with E-state index in [2.05, 4.69) is 14.9 Å². The highest BCUT2D eigenvalue weighted by Gasteiger charge is 2.31. The van der Waals surface area contributed by atoms with Gasteiger partial charge in [-0.15, -0.1) is 12.4 Å². The van der Waals surface area contributed by atoms with Gasteiger partial charge in [0.05, 0.1) is 16.1 Å². The van der Waals surface area contributed by atoms with Crippen molar-refractivity contribution >= 4 is 44.6 Å². The third-order valence-electron chi connectivity index (χ3n) is 5.07. The van der Waals surface area contributed by atoms with Crippen molar-refractivity contribution in [1.82, 2.24) is 5.32 Å². The average Bonchev–Trinajstić information content (AvgIpc) is 2.74. The van der Waals surface area contributed by atoms with E-state index in [0.29, 0.717) is 17.1 Å². The van der Waals surface area contributed by atoms with Crippen molar-refractivity contribution in [3.63, 3.8) is 0 Å². The predicted molar refractivity (Wildman–Crippen MR) is 119 cm³/mol. The number of rotatable bonds is 4. The van der Waals surface area contributed by atoms with Gasteiger partial charge in [-0.25, -0.2) is 8.42 Å². The first kappa shape index (κ1) is 23.2. The summed E-state index contributed by atoms with van der Waals surface area (Å²) in [7, 11) is -4.20. The molecule has 2 N–H and O–H groups in total. The predicted octanol–water partition coefficient (Wildman–Crippen LogP) is 4.49. The van der Waals surface area contributed by atoms with Crippen LogP contribution in [0.1, 0.15) is 5.56 Å². The molecule has 1 fully saturated rings. The molecule has 5 nitrogen and oxygen atoms in total. The van der Waals surface area contributed by atoms with Crippen molar-refractivity contribution in [1.29, 1.82) is 0 Å². The van der Waals surface area contributed by atoms with Crippen LogP contribution in [-0.2, 0) is 16.2 Å². The Morgan fingerprint density at radius 2 is 1.58 bits per heavy atom. The van der Waals surface area contributed by atoms with E-state index in [-0.39, 0.29) is 12.4 Å². The molecule has 0 aromatic heterocycles. The molecule has 1 aliphatic rings. The van der Waals surface area contributed by atoms with Crippen LogP contribution >= 0.6 is 12.4 Å². The molecule has 4 rings (SSSR count). The van der Waals surface area contributed by atoms with Crippen molar-refractivity contribution < 1.29 is 21.6 Å². The summed E-state index contributed by atoms with van der Waals surface area (Å²) >= 11 is 0. The lowest BCUT2D eigenvalue weighted by atomic mass is 10.1. The number of alkyl halides is 3. The Hall–Kier alpha value is -2.49. The summed E-state index contributed by atoms with van der Waals surface area (Å²) < 4.78 is 67.1. The summed E-state index contributed by atoms with van der Waals surface area (Å²) in [5.74, 6) is 0. The zero-order valence-electron chi connectivity index (χ0n) is 16.3. The first-order valence-electron chi connectivity index (χ1n) is 9.43. The minimum atomic E-state index is -4.62. The molecule has 3 aromatic rings. The molecule has 0 aliphatic carbocycles. The first-order chi connectivity index (χ1) is 14.3. The fourth-order valence-electron chi connectivity index (χ4n) is 3.60. The number of halogens is 4. The van der Waals surface area contributed by atoms with E-state index in [4.69, 9.17) is 0 Å². The summed E-state index contributed by atoms with van der Waals surface area (Å²) in [5, 5.41) is 4.86. The number of hydrogen-bond acceptors (Lipinski definition) is 4. The van der Waals surface area contributed by atoms with E-state index < -0.39 is 26.7 Å². The van der Waals surface area contributed by atoms with E-state index >= 15 is 0 Å². The topological polar surface area (TPSA) is 61.4 Å². The number of piperazine rings is 1. The SMILES string of the molecule is Cl.O=S(=O)(Nc1ccc(N2CCNCC2)c2ccccc12)c1cccc(C(F)(F)F)c1. The number of nitrogens with zero attached hydrogens (tertiary/aromatic N) is 1. The van der Waals surface area contributed by atoms with Crippen LogP contribution < -0.4 is 14.9 Å². The number of sulfonamides is 1. The molecule has 1 aliphatic heterocycles. The van der Waals surface area contributed by atoms with Crippen LogP contribution in [-0.4, -0.2) is 34.6 Å². The Balaban J connectivity index is 0.00000272. The maximum Gasteiger partial charge on any atom is 0.416 e. The van der Waals surface area contributed by atoms with E-state index in [1.165, 1.54) is 0 Å². The van der Waals surface area contributed by atoms with Crippen LogP contribution in [0.4, 0.5) is 24.5 Å². The number of fused-ring (bicyclic) bond motifs is 1. The fourth-order valence-corrected chi connectivity index (χ4v) is 4.72. The Morgan fingerprint density at radius 3 is 2.26 bits per heavy atom. The zero-order chi connectivity index (χ0) is 21.4. The monoisotopic (exact) mass is 471 g/mol. The number of nitrogens with one attached hydrogen (secondary N) is 2. The molecule has 0 unspecified atom stereocenters. The van der Waals surface area contributed by atoms with Crippen LogP contribution in [0.5, 0.6) is 0 Å². The molecule has 166 valence electrons. The third-order valence-corrected chi connectivity index (χ3v) is 6.44. The maximum absolute atomic E-state index is 13.0. The van der Waals surface area contributed by atoms with E-state index in [0.717, 1.165) is 55.5 Å². The normalized spacial score (nSPS) is 14.9. The highest BCUT2D eigenvalue weighted by Crippen LogP contribution is 2.35. The lowest BCUT2D eigenvalue weighted by molar-refractivity contribution is -0.137. The second-order valence-electron chi connectivity index (χ2n) is 7.05. The summed E-state index contributed by atoms with van der Waals surface area (Å²) in [6.45, 7) is 3.38. The molecule has 0 spiro atoms. The average molecular weight is 472 g/mol. The van der Waals surface area contributed by atoms with Crippen molar-refractivity contribution in [3.8, 4) is 0 Å². The number of benzene rings is 3. The van der Waals surface area contributed by atoms with Crippen LogP contribution in [0, 0.1) is 0 Å². The van der Waals surface area contributed by atoms with Crippen molar-refractivity contribution in [2.75, 3.05) is 35.8 Å². The van der Waals surface area contributed by atoms with Crippen LogP contribution in [0.3, 0.4) is 0 Å². The van der Waals surface area contributed by atoms with Gasteiger partial charge in [0.2, 0.25) is 0 Å². The van der Waals surface area contributed by atoms with Gasteiger partial charge in [0.15, 0.2) is 0 Å². The molecule has 31 heavy (non-hydrogen) atoms. The molecule has 3 aromatic carbocycles. The third kappa shape index (κ3) is 4.89. The van der Waals surface area contributed by atoms with Gasteiger partial charge in [-0.3, -0.25) is 4.72 Å². The highest BCUT2D eigenvalue weighted by molar-refractivity contribution is 7.92. The summed E-state index contributed by atoms with van der Waals surface area (Å²) in [6, 6.07) is 14.6. The molecule has 0 amide bonds. The first-order valence-corrected chi connectivity index (χ1v) is 10.9. The van der Waals surface area contributed by atoms with Crippen molar-refractivity contribution in [2.24, 2.45) is 0 Å². The van der Waals surface area contributed by atoms with Crippen LogP contribution in [0.2, 0.25) is 0 Å². The second-order valence-corrected chi connectivity index (χ2v) is 8.73. The quantitative estimate of drug-likeness (QED) is 0.588. The second kappa shape index (κ2) is 8.94. The van der Waals surface area contributed by atoms with Gasteiger partial charge >= 0.3 is 6.18 Å². The molecule has 1 saturated heterocycles. The maximum atomic E-state index is 13.0. The van der Waals surface area contributed by atoms with E-state index in [1.54, 1.807) is 18.2 Å². The minimum Gasteiger partial charge on any atom is -0.368 e. The van der Waals surface area contributed by atoms with Gasteiger partial charge in [0.25, 0.3) is 10.0 Å². The van der Waals surface area contributed by atoms with Gasteiger partial charge in [-0.1, -0.05) is 30.3 Å². The molecule has 0 radical (unpaired) electrons. The molecule has 1 heterocycles. The van der Waals surface area contributed by atoms with Gasteiger partial charge < -0.3 is 10.2 Å². The standard InChI is InChI=1S/C21H20F3N3O2S.ClH/c22-21(23,24)15-4-3-5-16(14-15)30(28,29)26-19-8-9-20(27-12-10-25-11-13-27)18-7-2-1-6-17(18)19;/h1-9,14,25-26H,10-13H2;1H. The fraction of sp³-hybridized carbons (Fsp3) is 0.238. The van der Waals surface area contributed by atoms with E-state index in [1.807, 2.05) is 18.2 Å². The van der Waals surface area contributed by atoms with Crippen molar-refractivity contribution in [2.45, 2.75) is 11.1 Å². The zero-order valence-corrected chi connectivity index (χ0v) is 17.9. The number of hydrogen-bond donors (Lipinski definition) is 2. The summed E-state index contributed by atoms with van der Waals surface area (Å²) in [5.41, 5.74) is 0.306. The lowest BCUT2D eigenvalue weighted by Crippen LogP contribution is -2.43. The number of anilines is 2. The summed E-state index contributed by atoms with van der Waals surface area (Å²) in [4.78, 5) is 1.79. The van der Waals surface area contributed by atoms with E-state index in [9.17, 15) is 21.6 Å². The molecule has 10 heteroatoms. The van der Waals surface area contributed by atoms with Gasteiger partial charge in [-0.05, 0) is 30.3 Å². The Morgan fingerprint density at radius 1 is 0.903 bits per heavy atom. The molecule has 0 saturated carbocycles. The molecular weight excluding hydrogens is 451 g/mol. The van der Waals surface area contributed by atoms with Crippen molar-refractivity contribution in [3.05, 3.63) is 66.2 Å². The Labute approximate surface area is 184 Å². The Bertz CT molecular complexity index is 1180. The molecule has 0 atom stereocenters.